The van der Waals surface area contributed by atoms with Gasteiger partial charge in [0.05, 0.1) is 0 Å². The lowest BCUT2D eigenvalue weighted by atomic mass is 10.1. The third-order valence-corrected chi connectivity index (χ3v) is 3.68. The molecule has 0 fully saturated rings. The van der Waals surface area contributed by atoms with E-state index in [0.29, 0.717) is 19.6 Å². The van der Waals surface area contributed by atoms with Gasteiger partial charge in [-0.2, -0.15) is 0 Å². The summed E-state index contributed by atoms with van der Waals surface area (Å²) in [7, 11) is 1.88. The number of amides is 1. The van der Waals surface area contributed by atoms with Crippen molar-refractivity contribution in [2.75, 3.05) is 13.6 Å². The maximum absolute atomic E-state index is 12.7. The van der Waals surface area contributed by atoms with Crippen LogP contribution in [-0.4, -0.2) is 24.4 Å². The predicted molar refractivity (Wildman–Crippen MR) is 90.2 cm³/mol. The van der Waals surface area contributed by atoms with E-state index in [2.05, 4.69) is 29.6 Å². The fraction of sp³-hybridized carbons (Fsp3) is 0.316. The van der Waals surface area contributed by atoms with Crippen LogP contribution in [0.1, 0.15) is 18.1 Å². The molecule has 1 unspecified atom stereocenters. The van der Waals surface area contributed by atoms with Crippen LogP contribution in [0.2, 0.25) is 0 Å². The zero-order valence-electron chi connectivity index (χ0n) is 13.3. The molecule has 0 bridgehead atoms. The van der Waals surface area contributed by atoms with Gasteiger partial charge in [-0.3, -0.25) is 4.79 Å². The molecule has 2 aromatic carbocycles. The zero-order valence-corrected chi connectivity index (χ0v) is 13.3. The predicted octanol–water partition coefficient (Wildman–Crippen LogP) is 3.07. The van der Waals surface area contributed by atoms with Crippen LogP contribution in [0.5, 0.6) is 0 Å². The van der Waals surface area contributed by atoms with E-state index in [-0.39, 0.29) is 11.8 Å². The molecule has 0 aliphatic rings. The van der Waals surface area contributed by atoms with Gasteiger partial charge in [-0.05, 0) is 18.2 Å². The van der Waals surface area contributed by atoms with Gasteiger partial charge < -0.3 is 10.2 Å². The van der Waals surface area contributed by atoms with E-state index < -0.39 is 0 Å². The number of hydrogen-bond donors (Lipinski definition) is 1. The number of carbonyl (C=O) groups is 1. The second-order valence-corrected chi connectivity index (χ2v) is 5.62. The Kier molecular flexibility index (Phi) is 6.16. The second-order valence-electron chi connectivity index (χ2n) is 5.62. The Morgan fingerprint density at radius 3 is 1.82 bits per heavy atom. The number of carbonyl (C=O) groups excluding carboxylic acids is 1. The Hall–Kier alpha value is -2.13. The highest BCUT2D eigenvalue weighted by molar-refractivity contribution is 5.78. The average Bonchev–Trinajstić information content (AvgIpc) is 2.56. The number of hydrogen-bond acceptors (Lipinski definition) is 2. The number of nitrogens with zero attached hydrogens (tertiary/aromatic N) is 1. The van der Waals surface area contributed by atoms with Crippen LogP contribution < -0.4 is 5.32 Å². The Labute approximate surface area is 133 Å². The molecule has 2 aromatic rings. The summed E-state index contributed by atoms with van der Waals surface area (Å²) in [5, 5.41) is 3.08. The molecule has 116 valence electrons. The summed E-state index contributed by atoms with van der Waals surface area (Å²) in [6.07, 6.45) is 0. The van der Waals surface area contributed by atoms with E-state index in [4.69, 9.17) is 0 Å². The van der Waals surface area contributed by atoms with E-state index in [1.807, 2.05) is 55.3 Å². The summed E-state index contributed by atoms with van der Waals surface area (Å²) in [5.41, 5.74) is 2.31. The quantitative estimate of drug-likeness (QED) is 0.851. The summed E-state index contributed by atoms with van der Waals surface area (Å²) in [6.45, 7) is 3.95. The molecule has 1 amide bonds. The first-order valence-electron chi connectivity index (χ1n) is 7.72. The van der Waals surface area contributed by atoms with E-state index in [0.717, 1.165) is 11.1 Å². The molecule has 0 saturated heterocycles. The number of nitrogens with one attached hydrogen (secondary N) is 1. The van der Waals surface area contributed by atoms with Crippen LogP contribution in [0.3, 0.4) is 0 Å². The lowest BCUT2D eigenvalue weighted by Crippen LogP contribution is -2.37. The van der Waals surface area contributed by atoms with Crippen molar-refractivity contribution in [2.24, 2.45) is 5.92 Å². The minimum atomic E-state index is -0.0302. The number of rotatable bonds is 7. The third kappa shape index (κ3) is 4.71. The van der Waals surface area contributed by atoms with E-state index >= 15 is 0 Å². The summed E-state index contributed by atoms with van der Waals surface area (Å²) < 4.78 is 0. The Morgan fingerprint density at radius 2 is 1.41 bits per heavy atom. The molecular weight excluding hydrogens is 272 g/mol. The highest BCUT2D eigenvalue weighted by Gasteiger charge is 2.20. The van der Waals surface area contributed by atoms with Crippen LogP contribution in [-0.2, 0) is 17.9 Å². The molecule has 2 rings (SSSR count). The lowest BCUT2D eigenvalue weighted by Gasteiger charge is -2.26. The molecule has 3 nitrogen and oxygen atoms in total. The zero-order chi connectivity index (χ0) is 15.8. The SMILES string of the molecule is CNCC(C)C(=O)N(Cc1ccccc1)Cc1ccccc1. The van der Waals surface area contributed by atoms with E-state index in [1.54, 1.807) is 0 Å². The largest absolute Gasteiger partial charge is 0.334 e. The Balaban J connectivity index is 2.14. The summed E-state index contributed by atoms with van der Waals surface area (Å²) >= 11 is 0. The van der Waals surface area contributed by atoms with Crippen molar-refractivity contribution in [3.8, 4) is 0 Å². The van der Waals surface area contributed by atoms with Crippen LogP contribution in [0, 0.1) is 5.92 Å². The van der Waals surface area contributed by atoms with Crippen molar-refractivity contribution < 1.29 is 4.79 Å². The van der Waals surface area contributed by atoms with Gasteiger partial charge in [0.2, 0.25) is 5.91 Å². The minimum Gasteiger partial charge on any atom is -0.334 e. The summed E-state index contributed by atoms with van der Waals surface area (Å²) in [5.74, 6) is 0.152. The molecule has 3 heteroatoms. The molecule has 22 heavy (non-hydrogen) atoms. The molecule has 0 saturated carbocycles. The highest BCUT2D eigenvalue weighted by atomic mass is 16.2. The van der Waals surface area contributed by atoms with Crippen LogP contribution in [0.25, 0.3) is 0 Å². The van der Waals surface area contributed by atoms with Gasteiger partial charge in [-0.25, -0.2) is 0 Å². The first-order chi connectivity index (χ1) is 10.7. The topological polar surface area (TPSA) is 32.3 Å². The van der Waals surface area contributed by atoms with Gasteiger partial charge in [0.25, 0.3) is 0 Å². The molecule has 0 heterocycles. The average molecular weight is 296 g/mol. The Bertz CT molecular complexity index is 527. The first kappa shape index (κ1) is 16.2. The van der Waals surface area contributed by atoms with Crippen molar-refractivity contribution in [2.45, 2.75) is 20.0 Å². The summed E-state index contributed by atoms with van der Waals surface area (Å²) in [6, 6.07) is 20.3. The smallest absolute Gasteiger partial charge is 0.227 e. The van der Waals surface area contributed by atoms with Gasteiger partial charge in [0.1, 0.15) is 0 Å². The van der Waals surface area contributed by atoms with Crippen molar-refractivity contribution in [3.05, 3.63) is 71.8 Å². The van der Waals surface area contributed by atoms with E-state index in [1.165, 1.54) is 0 Å². The maximum atomic E-state index is 12.7. The fourth-order valence-electron chi connectivity index (χ4n) is 2.52. The number of benzene rings is 2. The molecule has 0 radical (unpaired) electrons. The molecule has 0 aliphatic heterocycles. The molecule has 1 N–H and O–H groups in total. The van der Waals surface area contributed by atoms with Gasteiger partial charge in [0.15, 0.2) is 0 Å². The van der Waals surface area contributed by atoms with Crippen molar-refractivity contribution in [1.29, 1.82) is 0 Å². The molecule has 0 aromatic heterocycles. The van der Waals surface area contributed by atoms with Crippen molar-refractivity contribution in [1.82, 2.24) is 10.2 Å². The van der Waals surface area contributed by atoms with Crippen LogP contribution in [0.15, 0.2) is 60.7 Å². The normalized spacial score (nSPS) is 11.9. The van der Waals surface area contributed by atoms with Gasteiger partial charge in [0, 0.05) is 25.6 Å². The fourth-order valence-corrected chi connectivity index (χ4v) is 2.52. The second kappa shape index (κ2) is 8.35. The van der Waals surface area contributed by atoms with Gasteiger partial charge in [-0.15, -0.1) is 0 Å². The molecule has 0 spiro atoms. The van der Waals surface area contributed by atoms with Crippen molar-refractivity contribution in [3.63, 3.8) is 0 Å². The van der Waals surface area contributed by atoms with E-state index in [9.17, 15) is 4.79 Å². The van der Waals surface area contributed by atoms with Crippen molar-refractivity contribution >= 4 is 5.91 Å². The minimum absolute atomic E-state index is 0.0302. The third-order valence-electron chi connectivity index (χ3n) is 3.68. The first-order valence-corrected chi connectivity index (χ1v) is 7.72. The molecular formula is C19H24N2O. The Morgan fingerprint density at radius 1 is 0.955 bits per heavy atom. The molecule has 0 aliphatic carbocycles. The van der Waals surface area contributed by atoms with Gasteiger partial charge in [-0.1, -0.05) is 67.6 Å². The monoisotopic (exact) mass is 296 g/mol. The highest BCUT2D eigenvalue weighted by Crippen LogP contribution is 2.13. The summed E-state index contributed by atoms with van der Waals surface area (Å²) in [4.78, 5) is 14.7. The standard InChI is InChI=1S/C19H24N2O/c1-16(13-20-2)19(22)21(14-17-9-5-3-6-10-17)15-18-11-7-4-8-12-18/h3-12,16,20H,13-15H2,1-2H3. The molecule has 1 atom stereocenters. The van der Waals surface area contributed by atoms with Crippen LogP contribution >= 0.6 is 0 Å². The lowest BCUT2D eigenvalue weighted by molar-refractivity contribution is -0.136. The van der Waals surface area contributed by atoms with Crippen LogP contribution in [0.4, 0.5) is 0 Å². The maximum Gasteiger partial charge on any atom is 0.227 e. The van der Waals surface area contributed by atoms with Gasteiger partial charge >= 0.3 is 0 Å².